The van der Waals surface area contributed by atoms with Gasteiger partial charge in [-0.3, -0.25) is 4.79 Å². The van der Waals surface area contributed by atoms with Gasteiger partial charge in [-0.25, -0.2) is 22.9 Å². The molecule has 11 heteroatoms. The number of nitrogens with one attached hydrogen (secondary N) is 3. The number of ether oxygens (including phenoxy) is 1. The van der Waals surface area contributed by atoms with Crippen molar-refractivity contribution in [2.75, 3.05) is 10.6 Å². The predicted octanol–water partition coefficient (Wildman–Crippen LogP) is 4.84. The number of nitrogens with zero attached hydrogens (tertiary/aromatic N) is 1. The van der Waals surface area contributed by atoms with Crippen LogP contribution in [0.5, 0.6) is 0 Å². The maximum atomic E-state index is 15.0. The number of carbonyl (C=O) groups is 2. The number of hydrogen-bond acceptors (Lipinski definition) is 6. The molecule has 3 rings (SSSR count). The molecule has 0 saturated heterocycles. The van der Waals surface area contributed by atoms with Gasteiger partial charge in [0.05, 0.1) is 11.6 Å². The van der Waals surface area contributed by atoms with Crippen LogP contribution >= 0.6 is 0 Å². The van der Waals surface area contributed by atoms with E-state index in [0.29, 0.717) is 0 Å². The minimum Gasteiger partial charge on any atom is -0.444 e. The number of pyridine rings is 1. The average Bonchev–Trinajstić information content (AvgIpc) is 2.69. The Morgan fingerprint density at radius 1 is 1.09 bits per heavy atom. The molecule has 2 aromatic rings. The molecule has 1 aliphatic rings. The maximum absolute atomic E-state index is 15.0. The lowest BCUT2D eigenvalue weighted by molar-refractivity contribution is 0.0492. The summed E-state index contributed by atoms with van der Waals surface area (Å²) < 4.78 is 47.2. The first-order valence-corrected chi connectivity index (χ1v) is 11.3. The largest absolute Gasteiger partial charge is 0.444 e. The van der Waals surface area contributed by atoms with Crippen LogP contribution in [0.1, 0.15) is 57.3 Å². The first-order valence-electron chi connectivity index (χ1n) is 11.3. The molecule has 2 amide bonds. The smallest absolute Gasteiger partial charge is 0.407 e. The van der Waals surface area contributed by atoms with E-state index in [9.17, 15) is 22.8 Å². The number of hydrogen-bond donors (Lipinski definition) is 4. The number of amides is 2. The Bertz CT molecular complexity index is 1100. The highest BCUT2D eigenvalue weighted by Crippen LogP contribution is 2.34. The number of aromatic nitrogens is 1. The first-order chi connectivity index (χ1) is 16.3. The monoisotopic (exact) mass is 493 g/mol. The van der Waals surface area contributed by atoms with Crippen molar-refractivity contribution in [1.29, 1.82) is 0 Å². The van der Waals surface area contributed by atoms with E-state index in [4.69, 9.17) is 10.5 Å². The van der Waals surface area contributed by atoms with Gasteiger partial charge in [-0.2, -0.15) is 0 Å². The van der Waals surface area contributed by atoms with Gasteiger partial charge in [-0.1, -0.05) is 6.42 Å². The molecule has 0 bridgehead atoms. The SMILES string of the molecule is C[C@H](NC(=O)OC(C)(C)C)[C@H](Nc1nc(Nc2ccc(F)c(F)c2)c(C(N)=O)cc1F)C1CCC1. The lowest BCUT2D eigenvalue weighted by atomic mass is 9.77. The summed E-state index contributed by atoms with van der Waals surface area (Å²) in [7, 11) is 0. The van der Waals surface area contributed by atoms with Gasteiger partial charge in [0, 0.05) is 17.8 Å². The molecule has 35 heavy (non-hydrogen) atoms. The molecule has 5 N–H and O–H groups in total. The summed E-state index contributed by atoms with van der Waals surface area (Å²) in [6.45, 7) is 7.02. The number of anilines is 3. The summed E-state index contributed by atoms with van der Waals surface area (Å²) in [6.07, 6.45) is 2.15. The van der Waals surface area contributed by atoms with Gasteiger partial charge >= 0.3 is 6.09 Å². The Hall–Kier alpha value is -3.50. The quantitative estimate of drug-likeness (QED) is 0.418. The van der Waals surface area contributed by atoms with Crippen LogP contribution in [0.2, 0.25) is 0 Å². The number of benzene rings is 1. The van der Waals surface area contributed by atoms with E-state index in [1.54, 1.807) is 27.7 Å². The van der Waals surface area contributed by atoms with E-state index < -0.39 is 47.1 Å². The highest BCUT2D eigenvalue weighted by atomic mass is 19.2. The van der Waals surface area contributed by atoms with Gasteiger partial charge in [0.15, 0.2) is 23.3 Å². The van der Waals surface area contributed by atoms with Crippen LogP contribution in [0.25, 0.3) is 0 Å². The maximum Gasteiger partial charge on any atom is 0.407 e. The van der Waals surface area contributed by atoms with Crippen LogP contribution in [0.3, 0.4) is 0 Å². The van der Waals surface area contributed by atoms with Gasteiger partial charge in [0.25, 0.3) is 5.91 Å². The topological polar surface area (TPSA) is 118 Å². The molecular formula is C24H30F3N5O3. The molecule has 1 saturated carbocycles. The Morgan fingerprint density at radius 2 is 1.77 bits per heavy atom. The summed E-state index contributed by atoms with van der Waals surface area (Å²) in [4.78, 5) is 28.4. The van der Waals surface area contributed by atoms with Crippen molar-refractivity contribution in [3.05, 3.63) is 47.3 Å². The standard InChI is InChI=1S/C24H30F3N5O3/c1-12(29-23(34)35-24(2,3)4)19(13-6-5-7-13)31-22-18(27)11-15(20(28)33)21(32-22)30-14-8-9-16(25)17(26)10-14/h8-13,19H,5-7H2,1-4H3,(H2,28,33)(H,29,34)(H2,30,31,32)/t12-,19-/m0/s1. The average molecular weight is 494 g/mol. The summed E-state index contributed by atoms with van der Waals surface area (Å²) in [5.41, 5.74) is 4.52. The second kappa shape index (κ2) is 10.4. The number of alkyl carbamates (subject to hydrolysis) is 1. The minimum absolute atomic E-state index is 0.0898. The fraction of sp³-hybridized carbons (Fsp3) is 0.458. The number of nitrogens with two attached hydrogens (primary N) is 1. The first kappa shape index (κ1) is 26.1. The lowest BCUT2D eigenvalue weighted by Crippen LogP contribution is -2.51. The molecule has 0 radical (unpaired) electrons. The van der Waals surface area contributed by atoms with E-state index >= 15 is 0 Å². The van der Waals surface area contributed by atoms with Crippen molar-refractivity contribution < 1.29 is 27.5 Å². The minimum atomic E-state index is -1.11. The fourth-order valence-electron chi connectivity index (χ4n) is 3.77. The molecule has 2 atom stereocenters. The summed E-state index contributed by atoms with van der Waals surface area (Å²) in [5, 5.41) is 8.52. The third-order valence-corrected chi connectivity index (χ3v) is 5.67. The molecule has 1 aromatic heterocycles. The van der Waals surface area contributed by atoms with Crippen LogP contribution < -0.4 is 21.7 Å². The summed E-state index contributed by atoms with van der Waals surface area (Å²) >= 11 is 0. The molecule has 8 nitrogen and oxygen atoms in total. The third-order valence-electron chi connectivity index (χ3n) is 5.67. The summed E-state index contributed by atoms with van der Waals surface area (Å²) in [5.74, 6) is -4.12. The predicted molar refractivity (Wildman–Crippen MR) is 126 cm³/mol. The number of carbonyl (C=O) groups excluding carboxylic acids is 2. The Labute approximate surface area is 201 Å². The molecule has 1 fully saturated rings. The van der Waals surface area contributed by atoms with Gasteiger partial charge in [0.1, 0.15) is 11.4 Å². The zero-order valence-electron chi connectivity index (χ0n) is 20.0. The van der Waals surface area contributed by atoms with E-state index in [-0.39, 0.29) is 28.8 Å². The second-order valence-corrected chi connectivity index (χ2v) is 9.63. The number of primary amides is 1. The summed E-state index contributed by atoms with van der Waals surface area (Å²) in [6, 6.07) is 3.10. The normalized spacial score (nSPS) is 15.5. The molecule has 0 spiro atoms. The van der Waals surface area contributed by atoms with Crippen molar-refractivity contribution in [3.63, 3.8) is 0 Å². The van der Waals surface area contributed by atoms with Crippen LogP contribution in [0.4, 0.5) is 35.3 Å². The van der Waals surface area contributed by atoms with E-state index in [2.05, 4.69) is 20.9 Å². The molecule has 1 aromatic carbocycles. The molecular weight excluding hydrogens is 463 g/mol. The van der Waals surface area contributed by atoms with Crippen molar-refractivity contribution in [3.8, 4) is 0 Å². The van der Waals surface area contributed by atoms with Crippen LogP contribution in [0, 0.1) is 23.4 Å². The highest BCUT2D eigenvalue weighted by Gasteiger charge is 2.34. The molecule has 1 heterocycles. The van der Waals surface area contributed by atoms with Crippen LogP contribution in [-0.2, 0) is 4.74 Å². The zero-order valence-corrected chi connectivity index (χ0v) is 20.0. The fourth-order valence-corrected chi connectivity index (χ4v) is 3.77. The van der Waals surface area contributed by atoms with E-state index in [1.807, 2.05) is 0 Å². The lowest BCUT2D eigenvalue weighted by Gasteiger charge is -2.38. The second-order valence-electron chi connectivity index (χ2n) is 9.63. The van der Waals surface area contributed by atoms with Gasteiger partial charge in [-0.05, 0) is 64.7 Å². The van der Waals surface area contributed by atoms with Crippen molar-refractivity contribution in [1.82, 2.24) is 10.3 Å². The zero-order chi connectivity index (χ0) is 25.9. The van der Waals surface area contributed by atoms with Crippen LogP contribution in [0.15, 0.2) is 24.3 Å². The Kier molecular flexibility index (Phi) is 7.76. The van der Waals surface area contributed by atoms with Gasteiger partial charge in [-0.15, -0.1) is 0 Å². The van der Waals surface area contributed by atoms with Crippen molar-refractivity contribution >= 4 is 29.3 Å². The van der Waals surface area contributed by atoms with E-state index in [0.717, 1.165) is 37.5 Å². The number of rotatable bonds is 8. The Morgan fingerprint density at radius 3 is 2.31 bits per heavy atom. The van der Waals surface area contributed by atoms with Gasteiger partial charge < -0.3 is 26.4 Å². The van der Waals surface area contributed by atoms with Crippen molar-refractivity contribution in [2.24, 2.45) is 11.7 Å². The molecule has 1 aliphatic carbocycles. The molecule has 0 unspecified atom stereocenters. The van der Waals surface area contributed by atoms with Crippen LogP contribution in [-0.4, -0.2) is 34.7 Å². The van der Waals surface area contributed by atoms with Gasteiger partial charge in [0.2, 0.25) is 0 Å². The highest BCUT2D eigenvalue weighted by molar-refractivity contribution is 5.98. The third kappa shape index (κ3) is 6.77. The van der Waals surface area contributed by atoms with Crippen molar-refractivity contribution in [2.45, 2.75) is 64.6 Å². The Balaban J connectivity index is 1.88. The molecule has 190 valence electrons. The number of halogens is 3. The van der Waals surface area contributed by atoms with E-state index in [1.165, 1.54) is 6.07 Å². The molecule has 0 aliphatic heterocycles.